The lowest BCUT2D eigenvalue weighted by Crippen LogP contribution is -2.21. The highest BCUT2D eigenvalue weighted by molar-refractivity contribution is 6.08. The molecule has 170 valence electrons. The van der Waals surface area contributed by atoms with Gasteiger partial charge in [0.2, 0.25) is 0 Å². The standard InChI is InChI=1S/C26H28N4O3/c1-16-25-21(15-22(27-26(25)29-28-16)17-5-9-19(31)10-6-17)24(32)14-13-23(30(2)3)18-7-11-20(33-4)12-8-18/h5-12,15,23,31H,13-14H2,1-4H3,(H,27,28,29). The lowest BCUT2D eigenvalue weighted by molar-refractivity contribution is 0.0970. The zero-order valence-corrected chi connectivity index (χ0v) is 19.3. The Labute approximate surface area is 193 Å². The summed E-state index contributed by atoms with van der Waals surface area (Å²) in [6.07, 6.45) is 1.06. The Bertz CT molecular complexity index is 1260. The molecule has 33 heavy (non-hydrogen) atoms. The fourth-order valence-corrected chi connectivity index (χ4v) is 4.13. The first-order valence-corrected chi connectivity index (χ1v) is 10.9. The number of carbonyl (C=O) groups is 1. The number of rotatable bonds is 8. The number of aromatic hydroxyl groups is 1. The van der Waals surface area contributed by atoms with Crippen molar-refractivity contribution in [3.8, 4) is 22.8 Å². The molecular weight excluding hydrogens is 416 g/mol. The fraction of sp³-hybridized carbons (Fsp3) is 0.269. The number of aromatic nitrogens is 3. The number of nitrogens with zero attached hydrogens (tertiary/aromatic N) is 3. The maximum atomic E-state index is 13.5. The van der Waals surface area contributed by atoms with Gasteiger partial charge in [-0.15, -0.1) is 0 Å². The summed E-state index contributed by atoms with van der Waals surface area (Å²) >= 11 is 0. The van der Waals surface area contributed by atoms with E-state index in [0.717, 1.165) is 28.0 Å². The summed E-state index contributed by atoms with van der Waals surface area (Å²) in [5.41, 5.74) is 4.54. The van der Waals surface area contributed by atoms with Gasteiger partial charge in [-0.3, -0.25) is 9.89 Å². The molecule has 1 unspecified atom stereocenters. The molecule has 4 aromatic rings. The van der Waals surface area contributed by atoms with Gasteiger partial charge < -0.3 is 14.7 Å². The number of pyridine rings is 1. The van der Waals surface area contributed by atoms with Crippen molar-refractivity contribution in [3.05, 3.63) is 71.4 Å². The van der Waals surface area contributed by atoms with Crippen LogP contribution in [0.25, 0.3) is 22.3 Å². The van der Waals surface area contributed by atoms with Gasteiger partial charge in [-0.25, -0.2) is 4.98 Å². The number of hydrogen-bond donors (Lipinski definition) is 2. The van der Waals surface area contributed by atoms with Crippen molar-refractivity contribution in [3.63, 3.8) is 0 Å². The number of H-pyrrole nitrogens is 1. The molecule has 2 aromatic carbocycles. The lowest BCUT2D eigenvalue weighted by atomic mass is 9.95. The largest absolute Gasteiger partial charge is 0.508 e. The van der Waals surface area contributed by atoms with E-state index in [4.69, 9.17) is 4.74 Å². The van der Waals surface area contributed by atoms with Crippen molar-refractivity contribution in [2.75, 3.05) is 21.2 Å². The fourth-order valence-electron chi connectivity index (χ4n) is 4.13. The van der Waals surface area contributed by atoms with E-state index in [1.54, 1.807) is 31.4 Å². The highest BCUT2D eigenvalue weighted by Gasteiger charge is 2.21. The van der Waals surface area contributed by atoms with Gasteiger partial charge in [0.1, 0.15) is 11.5 Å². The summed E-state index contributed by atoms with van der Waals surface area (Å²) < 4.78 is 5.27. The molecule has 0 aliphatic rings. The Kier molecular flexibility index (Phi) is 6.42. The number of ketones is 1. The highest BCUT2D eigenvalue weighted by Crippen LogP contribution is 2.30. The van der Waals surface area contributed by atoms with Gasteiger partial charge in [0, 0.05) is 29.3 Å². The normalized spacial score (nSPS) is 12.3. The smallest absolute Gasteiger partial charge is 0.182 e. The maximum absolute atomic E-state index is 13.5. The van der Waals surface area contributed by atoms with Crippen LogP contribution < -0.4 is 4.74 Å². The Morgan fingerprint density at radius 2 is 1.82 bits per heavy atom. The van der Waals surface area contributed by atoms with Crippen LogP contribution in [0.15, 0.2) is 54.6 Å². The van der Waals surface area contributed by atoms with Crippen LogP contribution in [-0.2, 0) is 0 Å². The minimum absolute atomic E-state index is 0.0484. The number of aromatic amines is 1. The van der Waals surface area contributed by atoms with Gasteiger partial charge >= 0.3 is 0 Å². The number of methoxy groups -OCH3 is 1. The highest BCUT2D eigenvalue weighted by atomic mass is 16.5. The van der Waals surface area contributed by atoms with Crippen LogP contribution >= 0.6 is 0 Å². The van der Waals surface area contributed by atoms with Crippen molar-refractivity contribution < 1.29 is 14.6 Å². The van der Waals surface area contributed by atoms with Crippen molar-refractivity contribution >= 4 is 16.8 Å². The van der Waals surface area contributed by atoms with Crippen LogP contribution in [-0.4, -0.2) is 52.2 Å². The van der Waals surface area contributed by atoms with Crippen LogP contribution in [0.4, 0.5) is 0 Å². The summed E-state index contributed by atoms with van der Waals surface area (Å²) in [5.74, 6) is 1.04. The SMILES string of the molecule is COc1ccc(C(CCC(=O)c2cc(-c3ccc(O)cc3)nc3n[nH]c(C)c23)N(C)C)cc1. The van der Waals surface area contributed by atoms with Gasteiger partial charge in [0.25, 0.3) is 0 Å². The van der Waals surface area contributed by atoms with Crippen LogP contribution in [0.3, 0.4) is 0 Å². The number of phenols is 1. The van der Waals surface area contributed by atoms with Gasteiger partial charge in [-0.1, -0.05) is 12.1 Å². The Hall–Kier alpha value is -3.71. The molecule has 4 rings (SSSR count). The number of fused-ring (bicyclic) bond motifs is 1. The summed E-state index contributed by atoms with van der Waals surface area (Å²) in [4.78, 5) is 20.2. The van der Waals surface area contributed by atoms with Crippen molar-refractivity contribution in [2.24, 2.45) is 0 Å². The maximum Gasteiger partial charge on any atom is 0.182 e. The minimum atomic E-state index is 0.0484. The molecule has 7 heteroatoms. The van der Waals surface area contributed by atoms with E-state index in [1.807, 2.05) is 51.4 Å². The molecule has 0 bridgehead atoms. The average molecular weight is 445 g/mol. The molecular formula is C26H28N4O3. The molecule has 7 nitrogen and oxygen atoms in total. The van der Waals surface area contributed by atoms with E-state index in [-0.39, 0.29) is 17.6 Å². The zero-order valence-electron chi connectivity index (χ0n) is 19.3. The molecule has 0 saturated heterocycles. The van der Waals surface area contributed by atoms with Crippen molar-refractivity contribution in [1.29, 1.82) is 0 Å². The number of phenolic OH excluding ortho intramolecular Hbond substituents is 1. The summed E-state index contributed by atoms with van der Waals surface area (Å²) in [7, 11) is 5.69. The van der Waals surface area contributed by atoms with Crippen LogP contribution in [0.5, 0.6) is 11.5 Å². The average Bonchev–Trinajstić information content (AvgIpc) is 3.20. The second kappa shape index (κ2) is 9.42. The third kappa shape index (κ3) is 4.73. The molecule has 0 saturated carbocycles. The van der Waals surface area contributed by atoms with Gasteiger partial charge in [-0.2, -0.15) is 5.10 Å². The van der Waals surface area contributed by atoms with E-state index in [2.05, 4.69) is 20.1 Å². The Morgan fingerprint density at radius 3 is 2.45 bits per heavy atom. The summed E-state index contributed by atoms with van der Waals surface area (Å²) in [6, 6.07) is 16.7. The van der Waals surface area contributed by atoms with Crippen LogP contribution in [0, 0.1) is 6.92 Å². The molecule has 0 aliphatic heterocycles. The molecule has 0 spiro atoms. The quantitative estimate of drug-likeness (QED) is 0.375. The summed E-state index contributed by atoms with van der Waals surface area (Å²) in [6.45, 7) is 1.90. The number of carbonyl (C=O) groups excluding carboxylic acids is 1. The number of aryl methyl sites for hydroxylation is 1. The molecule has 2 aromatic heterocycles. The predicted molar refractivity (Wildman–Crippen MR) is 129 cm³/mol. The first kappa shape index (κ1) is 22.5. The predicted octanol–water partition coefficient (Wildman–Crippen LogP) is 4.91. The second-order valence-electron chi connectivity index (χ2n) is 8.36. The number of ether oxygens (including phenoxy) is 1. The number of benzene rings is 2. The summed E-state index contributed by atoms with van der Waals surface area (Å²) in [5, 5.41) is 17.6. The molecule has 1 atom stereocenters. The van der Waals surface area contributed by atoms with Gasteiger partial charge in [0.05, 0.1) is 18.2 Å². The topological polar surface area (TPSA) is 91.3 Å². The third-order valence-electron chi connectivity index (χ3n) is 5.94. The molecule has 0 amide bonds. The van der Waals surface area contributed by atoms with Gasteiger partial charge in [0.15, 0.2) is 11.4 Å². The Morgan fingerprint density at radius 1 is 1.12 bits per heavy atom. The molecule has 0 fully saturated rings. The number of hydrogen-bond acceptors (Lipinski definition) is 6. The van der Waals surface area contributed by atoms with Gasteiger partial charge in [-0.05, 0) is 75.5 Å². The number of Topliss-reactive ketones (excluding diaryl/α,β-unsaturated/α-hetero) is 1. The molecule has 0 radical (unpaired) electrons. The van der Waals surface area contributed by atoms with E-state index >= 15 is 0 Å². The zero-order chi connectivity index (χ0) is 23.5. The van der Waals surface area contributed by atoms with Crippen molar-refractivity contribution in [1.82, 2.24) is 20.1 Å². The van der Waals surface area contributed by atoms with Crippen LogP contribution in [0.1, 0.15) is 40.5 Å². The minimum Gasteiger partial charge on any atom is -0.508 e. The molecule has 2 heterocycles. The lowest BCUT2D eigenvalue weighted by Gasteiger charge is -2.25. The van der Waals surface area contributed by atoms with Crippen molar-refractivity contribution in [2.45, 2.75) is 25.8 Å². The van der Waals surface area contributed by atoms with E-state index in [9.17, 15) is 9.90 Å². The first-order chi connectivity index (χ1) is 15.9. The van der Waals surface area contributed by atoms with E-state index in [1.165, 1.54) is 0 Å². The third-order valence-corrected chi connectivity index (χ3v) is 5.94. The van der Waals surface area contributed by atoms with E-state index < -0.39 is 0 Å². The second-order valence-corrected chi connectivity index (χ2v) is 8.36. The Balaban J connectivity index is 1.63. The van der Waals surface area contributed by atoms with Crippen LogP contribution in [0.2, 0.25) is 0 Å². The first-order valence-electron chi connectivity index (χ1n) is 10.9. The number of nitrogens with one attached hydrogen (secondary N) is 1. The molecule has 0 aliphatic carbocycles. The van der Waals surface area contributed by atoms with E-state index in [0.29, 0.717) is 29.7 Å². The monoisotopic (exact) mass is 444 g/mol. The molecule has 2 N–H and O–H groups in total.